The van der Waals surface area contributed by atoms with Crippen molar-refractivity contribution in [1.29, 1.82) is 0 Å². The third-order valence-corrected chi connectivity index (χ3v) is 3.52. The van der Waals surface area contributed by atoms with Gasteiger partial charge in [-0.3, -0.25) is 9.69 Å². The standard InChI is InChI=1S/C16H23N3O5/c1-16(2,3)24-15(20)11-18-8-6-12(7-9-18)23-13-4-5-14(17-10-13)19(21)22/h4-5,10,12H,6-9,11H2,1-3H3. The van der Waals surface area contributed by atoms with E-state index < -0.39 is 10.5 Å². The summed E-state index contributed by atoms with van der Waals surface area (Å²) in [5.41, 5.74) is -0.471. The Morgan fingerprint density at radius 1 is 1.38 bits per heavy atom. The van der Waals surface area contributed by atoms with E-state index in [0.29, 0.717) is 5.75 Å². The van der Waals surface area contributed by atoms with Crippen molar-refractivity contribution in [3.8, 4) is 5.75 Å². The predicted molar refractivity (Wildman–Crippen MR) is 86.8 cm³/mol. The third-order valence-electron chi connectivity index (χ3n) is 3.52. The van der Waals surface area contributed by atoms with Gasteiger partial charge in [-0.2, -0.15) is 0 Å². The van der Waals surface area contributed by atoms with Gasteiger partial charge in [0.25, 0.3) is 0 Å². The number of ether oxygens (including phenoxy) is 2. The zero-order chi connectivity index (χ0) is 17.7. The Balaban J connectivity index is 1.76. The van der Waals surface area contributed by atoms with Crippen LogP contribution < -0.4 is 4.74 Å². The van der Waals surface area contributed by atoms with Crippen LogP contribution in [0.15, 0.2) is 18.3 Å². The Labute approximate surface area is 140 Å². The lowest BCUT2D eigenvalue weighted by molar-refractivity contribution is -0.389. The van der Waals surface area contributed by atoms with Crippen molar-refractivity contribution in [1.82, 2.24) is 9.88 Å². The highest BCUT2D eigenvalue weighted by atomic mass is 16.6. The van der Waals surface area contributed by atoms with E-state index in [1.807, 2.05) is 25.7 Å². The van der Waals surface area contributed by atoms with Crippen LogP contribution >= 0.6 is 0 Å². The summed E-state index contributed by atoms with van der Waals surface area (Å²) in [4.78, 5) is 27.6. The summed E-state index contributed by atoms with van der Waals surface area (Å²) >= 11 is 0. The first kappa shape index (κ1) is 18.1. The van der Waals surface area contributed by atoms with Gasteiger partial charge >= 0.3 is 11.8 Å². The molecule has 2 heterocycles. The van der Waals surface area contributed by atoms with Crippen LogP contribution in [0, 0.1) is 10.1 Å². The number of nitro groups is 1. The molecule has 8 nitrogen and oxygen atoms in total. The van der Waals surface area contributed by atoms with Crippen LogP contribution in [-0.4, -0.2) is 52.1 Å². The SMILES string of the molecule is CC(C)(C)OC(=O)CN1CCC(Oc2ccc([N+](=O)[O-])nc2)CC1. The number of esters is 1. The number of pyridine rings is 1. The second-order valence-electron chi connectivity index (χ2n) is 6.79. The van der Waals surface area contributed by atoms with Crippen LogP contribution in [0.3, 0.4) is 0 Å². The molecule has 0 radical (unpaired) electrons. The summed E-state index contributed by atoms with van der Waals surface area (Å²) in [7, 11) is 0. The molecule has 24 heavy (non-hydrogen) atoms. The summed E-state index contributed by atoms with van der Waals surface area (Å²) in [5, 5.41) is 10.6. The van der Waals surface area contributed by atoms with Crippen LogP contribution in [0.25, 0.3) is 0 Å². The molecule has 0 saturated carbocycles. The molecule has 132 valence electrons. The second kappa shape index (κ2) is 7.57. The first-order valence-corrected chi connectivity index (χ1v) is 7.94. The minimum atomic E-state index is -0.543. The number of carbonyl (C=O) groups excluding carboxylic acids is 1. The lowest BCUT2D eigenvalue weighted by Gasteiger charge is -2.32. The molecular formula is C16H23N3O5. The molecule has 1 fully saturated rings. The summed E-state index contributed by atoms with van der Waals surface area (Å²) in [5.74, 6) is 0.0992. The summed E-state index contributed by atoms with van der Waals surface area (Å²) in [6.07, 6.45) is 2.94. The Morgan fingerprint density at radius 3 is 2.54 bits per heavy atom. The van der Waals surface area contributed by atoms with Gasteiger partial charge in [-0.15, -0.1) is 0 Å². The van der Waals surface area contributed by atoms with Crippen molar-refractivity contribution < 1.29 is 19.2 Å². The molecule has 0 spiro atoms. The van der Waals surface area contributed by atoms with E-state index in [1.165, 1.54) is 12.3 Å². The molecule has 2 rings (SSSR count). The van der Waals surface area contributed by atoms with Gasteiger partial charge in [0.2, 0.25) is 0 Å². The first-order chi connectivity index (χ1) is 11.2. The fourth-order valence-electron chi connectivity index (χ4n) is 2.48. The number of piperidine rings is 1. The molecule has 1 aromatic heterocycles. The summed E-state index contributed by atoms with van der Waals surface area (Å²) < 4.78 is 11.1. The normalized spacial score (nSPS) is 16.6. The highest BCUT2D eigenvalue weighted by Gasteiger charge is 2.24. The van der Waals surface area contributed by atoms with Crippen molar-refractivity contribution >= 4 is 11.8 Å². The highest BCUT2D eigenvalue weighted by Crippen LogP contribution is 2.20. The van der Waals surface area contributed by atoms with Crippen LogP contribution in [0.2, 0.25) is 0 Å². The number of nitrogens with zero attached hydrogens (tertiary/aromatic N) is 3. The highest BCUT2D eigenvalue weighted by molar-refractivity contribution is 5.72. The van der Waals surface area contributed by atoms with E-state index >= 15 is 0 Å². The number of likely N-dealkylation sites (tertiary alicyclic amines) is 1. The van der Waals surface area contributed by atoms with Crippen LogP contribution in [0.4, 0.5) is 5.82 Å². The molecule has 0 bridgehead atoms. The van der Waals surface area contributed by atoms with Crippen LogP contribution in [0.5, 0.6) is 5.75 Å². The zero-order valence-corrected chi connectivity index (χ0v) is 14.2. The molecule has 1 saturated heterocycles. The molecule has 0 aromatic carbocycles. The van der Waals surface area contributed by atoms with Gasteiger partial charge in [-0.1, -0.05) is 0 Å². The molecule has 8 heteroatoms. The van der Waals surface area contributed by atoms with Gasteiger partial charge in [0.15, 0.2) is 11.9 Å². The van der Waals surface area contributed by atoms with E-state index in [0.717, 1.165) is 25.9 Å². The Morgan fingerprint density at radius 2 is 2.04 bits per heavy atom. The van der Waals surface area contributed by atoms with E-state index in [1.54, 1.807) is 6.07 Å². The number of carbonyl (C=O) groups is 1. The molecule has 0 unspecified atom stereocenters. The lowest BCUT2D eigenvalue weighted by atomic mass is 10.1. The minimum Gasteiger partial charge on any atom is -0.486 e. The maximum Gasteiger partial charge on any atom is 0.363 e. The van der Waals surface area contributed by atoms with Crippen LogP contribution in [-0.2, 0) is 9.53 Å². The average Bonchev–Trinajstić information content (AvgIpc) is 2.48. The van der Waals surface area contributed by atoms with Crippen LogP contribution in [0.1, 0.15) is 33.6 Å². The fourth-order valence-corrected chi connectivity index (χ4v) is 2.48. The van der Waals surface area contributed by atoms with E-state index in [-0.39, 0.29) is 24.4 Å². The second-order valence-corrected chi connectivity index (χ2v) is 6.79. The quantitative estimate of drug-likeness (QED) is 0.461. The van der Waals surface area contributed by atoms with Gasteiger partial charge in [0.05, 0.1) is 6.54 Å². The summed E-state index contributed by atoms with van der Waals surface area (Å²) in [6, 6.07) is 2.88. The number of hydrogen-bond acceptors (Lipinski definition) is 7. The third kappa shape index (κ3) is 5.77. The topological polar surface area (TPSA) is 94.8 Å². The Bertz CT molecular complexity index is 574. The number of aromatic nitrogens is 1. The molecule has 1 aromatic rings. The Hall–Kier alpha value is -2.22. The molecule has 1 aliphatic rings. The predicted octanol–water partition coefficient (Wildman–Crippen LogP) is 2.17. The van der Waals surface area contributed by atoms with Gasteiger partial charge in [0.1, 0.15) is 11.7 Å². The molecule has 0 N–H and O–H groups in total. The monoisotopic (exact) mass is 337 g/mol. The van der Waals surface area contributed by atoms with Gasteiger partial charge < -0.3 is 19.6 Å². The lowest BCUT2D eigenvalue weighted by Crippen LogP contribution is -2.42. The minimum absolute atomic E-state index is 0.0168. The zero-order valence-electron chi connectivity index (χ0n) is 14.2. The maximum absolute atomic E-state index is 11.8. The molecular weight excluding hydrogens is 314 g/mol. The van der Waals surface area contributed by atoms with Gasteiger partial charge in [0, 0.05) is 19.2 Å². The van der Waals surface area contributed by atoms with Crippen molar-refractivity contribution in [2.24, 2.45) is 0 Å². The van der Waals surface area contributed by atoms with Gasteiger partial charge in [-0.05, 0) is 49.6 Å². The first-order valence-electron chi connectivity index (χ1n) is 7.94. The number of rotatable bonds is 5. The summed E-state index contributed by atoms with van der Waals surface area (Å²) in [6.45, 7) is 7.31. The van der Waals surface area contributed by atoms with Crippen molar-refractivity contribution in [2.45, 2.75) is 45.3 Å². The van der Waals surface area contributed by atoms with E-state index in [2.05, 4.69) is 4.98 Å². The van der Waals surface area contributed by atoms with Gasteiger partial charge in [-0.25, -0.2) is 0 Å². The smallest absolute Gasteiger partial charge is 0.363 e. The largest absolute Gasteiger partial charge is 0.486 e. The Kier molecular flexibility index (Phi) is 5.71. The van der Waals surface area contributed by atoms with E-state index in [4.69, 9.17) is 9.47 Å². The van der Waals surface area contributed by atoms with Crippen molar-refractivity contribution in [2.75, 3.05) is 19.6 Å². The maximum atomic E-state index is 11.8. The molecule has 0 amide bonds. The fraction of sp³-hybridized carbons (Fsp3) is 0.625. The van der Waals surface area contributed by atoms with Crippen molar-refractivity contribution in [3.63, 3.8) is 0 Å². The molecule has 0 atom stereocenters. The number of hydrogen-bond donors (Lipinski definition) is 0. The van der Waals surface area contributed by atoms with E-state index in [9.17, 15) is 14.9 Å². The average molecular weight is 337 g/mol. The molecule has 0 aliphatic carbocycles. The molecule has 1 aliphatic heterocycles. The van der Waals surface area contributed by atoms with Crippen molar-refractivity contribution in [3.05, 3.63) is 28.4 Å².